The third-order valence-electron chi connectivity index (χ3n) is 5.52. The fourth-order valence-corrected chi connectivity index (χ4v) is 5.36. The third kappa shape index (κ3) is 4.91. The smallest absolute Gasteiger partial charge is 0.330 e. The highest BCUT2D eigenvalue weighted by Gasteiger charge is 2.25. The minimum atomic E-state index is -0.710. The van der Waals surface area contributed by atoms with E-state index in [1.807, 2.05) is 20.8 Å². The van der Waals surface area contributed by atoms with Crippen LogP contribution in [0.4, 0.5) is 11.5 Å². The number of rotatable bonds is 8. The first-order valence-electron chi connectivity index (χ1n) is 10.6. The second-order valence-electron chi connectivity index (χ2n) is 7.82. The first-order chi connectivity index (χ1) is 15.6. The van der Waals surface area contributed by atoms with E-state index in [0.29, 0.717) is 34.8 Å². The molecule has 4 N–H and O–H groups in total. The highest BCUT2D eigenvalue weighted by atomic mass is 32.2. The zero-order valence-corrected chi connectivity index (χ0v) is 20.9. The van der Waals surface area contributed by atoms with Crippen LogP contribution in [-0.2, 0) is 17.1 Å². The molecule has 0 aliphatic carbocycles. The fourth-order valence-electron chi connectivity index (χ4n) is 3.47. The first-order valence-corrected chi connectivity index (χ1v) is 12.4. The number of aromatic amines is 2. The quantitative estimate of drug-likeness (QED) is 0.436. The Kier molecular flexibility index (Phi) is 7.48. The average molecular weight is 493 g/mol. The van der Waals surface area contributed by atoms with Crippen molar-refractivity contribution in [2.24, 2.45) is 0 Å². The lowest BCUT2D eigenvalue weighted by atomic mass is 10.2. The number of hydrogen-bond acceptors (Lipinski definition) is 8. The van der Waals surface area contributed by atoms with Crippen LogP contribution < -0.4 is 27.4 Å². The Bertz CT molecular complexity index is 1370. The molecule has 0 aromatic carbocycles. The summed E-state index contributed by atoms with van der Waals surface area (Å²) in [5.74, 6) is 0.393. The van der Waals surface area contributed by atoms with Crippen molar-refractivity contribution in [3.63, 3.8) is 0 Å². The van der Waals surface area contributed by atoms with Crippen LogP contribution in [0.5, 0.6) is 0 Å². The molecule has 3 aromatic heterocycles. The van der Waals surface area contributed by atoms with Gasteiger partial charge in [0.25, 0.3) is 11.1 Å². The Balaban J connectivity index is 1.79. The van der Waals surface area contributed by atoms with E-state index in [1.54, 1.807) is 6.92 Å². The van der Waals surface area contributed by atoms with Crippen molar-refractivity contribution in [3.05, 3.63) is 47.5 Å². The van der Waals surface area contributed by atoms with Crippen LogP contribution >= 0.6 is 23.1 Å². The lowest BCUT2D eigenvalue weighted by molar-refractivity contribution is -0.117. The highest BCUT2D eigenvalue weighted by Crippen LogP contribution is 2.27. The topological polar surface area (TPSA) is 147 Å². The Hall–Kier alpha value is -2.86. The lowest BCUT2D eigenvalue weighted by Gasteiger charge is -2.23. The molecule has 0 saturated carbocycles. The number of nitrogens with two attached hydrogens (primary N) is 1. The number of nitrogen functional groups attached to an aromatic ring is 1. The van der Waals surface area contributed by atoms with Crippen molar-refractivity contribution in [2.75, 3.05) is 17.7 Å². The molecule has 12 heteroatoms. The van der Waals surface area contributed by atoms with Crippen molar-refractivity contribution in [1.82, 2.24) is 19.5 Å². The maximum atomic E-state index is 13.0. The van der Waals surface area contributed by atoms with Gasteiger partial charge in [0.2, 0.25) is 5.91 Å². The summed E-state index contributed by atoms with van der Waals surface area (Å²) in [5.41, 5.74) is 5.48. The number of carbonyl (C=O) groups is 1. The Morgan fingerprint density at radius 2 is 1.94 bits per heavy atom. The van der Waals surface area contributed by atoms with E-state index in [-0.39, 0.29) is 23.0 Å². The molecular weight excluding hydrogens is 464 g/mol. The Labute approximate surface area is 198 Å². The van der Waals surface area contributed by atoms with Crippen LogP contribution in [0.25, 0.3) is 10.2 Å². The van der Waals surface area contributed by atoms with Crippen molar-refractivity contribution in [3.8, 4) is 0 Å². The summed E-state index contributed by atoms with van der Waals surface area (Å²) in [6.07, 6.45) is 1.55. The van der Waals surface area contributed by atoms with Crippen molar-refractivity contribution < 1.29 is 4.79 Å². The number of thioether (sulfide) groups is 1. The van der Waals surface area contributed by atoms with Crippen LogP contribution in [0.3, 0.4) is 0 Å². The molecule has 3 aromatic rings. The summed E-state index contributed by atoms with van der Waals surface area (Å²) in [6.45, 7) is 7.88. The molecule has 1 atom stereocenters. The molecule has 0 aliphatic rings. The third-order valence-corrected chi connectivity index (χ3v) is 7.76. The van der Waals surface area contributed by atoms with Crippen molar-refractivity contribution in [1.29, 1.82) is 0 Å². The highest BCUT2D eigenvalue weighted by molar-refractivity contribution is 7.99. The van der Waals surface area contributed by atoms with Gasteiger partial charge in [-0.2, -0.15) is 0 Å². The molecule has 10 nitrogen and oxygen atoms in total. The molecule has 33 heavy (non-hydrogen) atoms. The number of thiophene rings is 1. The molecule has 0 saturated heterocycles. The van der Waals surface area contributed by atoms with Crippen LogP contribution in [0, 0.1) is 13.8 Å². The molecule has 178 valence electrons. The molecule has 0 radical (unpaired) electrons. The number of anilines is 2. The van der Waals surface area contributed by atoms with E-state index in [2.05, 4.69) is 15.0 Å². The minimum absolute atomic E-state index is 0.0369. The maximum Gasteiger partial charge on any atom is 0.330 e. The van der Waals surface area contributed by atoms with Crippen LogP contribution in [0.1, 0.15) is 43.0 Å². The van der Waals surface area contributed by atoms with E-state index in [4.69, 9.17) is 5.73 Å². The molecule has 1 unspecified atom stereocenters. The van der Waals surface area contributed by atoms with Crippen molar-refractivity contribution in [2.45, 2.75) is 58.1 Å². The molecule has 0 bridgehead atoms. The molecule has 0 aliphatic heterocycles. The zero-order chi connectivity index (χ0) is 24.4. The Morgan fingerprint density at radius 3 is 2.61 bits per heavy atom. The number of aryl methyl sites for hydroxylation is 2. The van der Waals surface area contributed by atoms with Gasteiger partial charge in [0, 0.05) is 18.5 Å². The molecule has 3 rings (SSSR count). The van der Waals surface area contributed by atoms with Gasteiger partial charge < -0.3 is 15.6 Å². The molecular formula is C21H28N6O4S2. The second-order valence-corrected chi connectivity index (χ2v) is 10.4. The number of nitrogens with zero attached hydrogens (tertiary/aromatic N) is 3. The number of unbranched alkanes of at least 4 members (excludes halogenated alkanes) is 1. The largest absolute Gasteiger partial charge is 0.383 e. The number of aromatic nitrogens is 4. The van der Waals surface area contributed by atoms with Crippen molar-refractivity contribution >= 4 is 50.7 Å². The van der Waals surface area contributed by atoms with Gasteiger partial charge in [-0.05, 0) is 32.8 Å². The fraction of sp³-hybridized carbons (Fsp3) is 0.476. The van der Waals surface area contributed by atoms with Crippen LogP contribution in [0.2, 0.25) is 0 Å². The van der Waals surface area contributed by atoms with E-state index in [9.17, 15) is 19.2 Å². The number of amides is 1. The zero-order valence-electron chi connectivity index (χ0n) is 19.3. The van der Waals surface area contributed by atoms with E-state index >= 15 is 0 Å². The maximum absolute atomic E-state index is 13.0. The van der Waals surface area contributed by atoms with E-state index in [0.717, 1.165) is 16.9 Å². The normalized spacial score (nSPS) is 12.3. The summed E-state index contributed by atoms with van der Waals surface area (Å²) >= 11 is 2.75. The van der Waals surface area contributed by atoms with Gasteiger partial charge in [0.1, 0.15) is 16.5 Å². The predicted octanol–water partition coefficient (Wildman–Crippen LogP) is 2.12. The number of H-pyrrole nitrogens is 2. The van der Waals surface area contributed by atoms with Gasteiger partial charge in [-0.3, -0.25) is 23.9 Å². The number of carbonyl (C=O) groups excluding carboxylic acids is 1. The molecule has 0 fully saturated rings. The van der Waals surface area contributed by atoms with Gasteiger partial charge in [0.15, 0.2) is 5.69 Å². The van der Waals surface area contributed by atoms with Crippen LogP contribution in [-0.4, -0.2) is 37.7 Å². The monoisotopic (exact) mass is 492 g/mol. The minimum Gasteiger partial charge on any atom is -0.383 e. The van der Waals surface area contributed by atoms with E-state index < -0.39 is 16.5 Å². The van der Waals surface area contributed by atoms with Gasteiger partial charge >= 0.3 is 5.69 Å². The van der Waals surface area contributed by atoms with Gasteiger partial charge in [-0.15, -0.1) is 23.1 Å². The summed E-state index contributed by atoms with van der Waals surface area (Å²) in [6, 6.07) is 0. The van der Waals surface area contributed by atoms with E-state index in [1.165, 1.54) is 39.6 Å². The summed E-state index contributed by atoms with van der Waals surface area (Å²) in [5, 5.41) is 0.0423. The second kappa shape index (κ2) is 9.96. The predicted molar refractivity (Wildman–Crippen MR) is 135 cm³/mol. The summed E-state index contributed by atoms with van der Waals surface area (Å²) in [7, 11) is 1.46. The average Bonchev–Trinajstić information content (AvgIpc) is 3.04. The lowest BCUT2D eigenvalue weighted by Crippen LogP contribution is -2.41. The van der Waals surface area contributed by atoms with Crippen LogP contribution in [0.15, 0.2) is 14.4 Å². The number of hydrogen-bond donors (Lipinski definition) is 3. The van der Waals surface area contributed by atoms with Gasteiger partial charge in [-0.1, -0.05) is 13.3 Å². The number of nitrogens with one attached hydrogen (secondary N) is 2. The van der Waals surface area contributed by atoms with Gasteiger partial charge in [-0.25, -0.2) is 9.78 Å². The van der Waals surface area contributed by atoms with Gasteiger partial charge in [0.05, 0.1) is 16.4 Å². The number of fused-ring (bicyclic) bond motifs is 1. The first kappa shape index (κ1) is 24.8. The SMILES string of the molecule is CCCCn1c(N)c(N(C)C(=O)C(C)SCc2nc3sc(C)c(C)c3c(=O)[nH]2)c(=O)[nH]c1=O. The Morgan fingerprint density at radius 1 is 1.24 bits per heavy atom. The molecule has 3 heterocycles. The standard InChI is InChI=1S/C21H28N6O4S2/c1-6-7-8-27-16(22)15(18(29)25-21(27)31)26(5)20(30)12(4)32-9-13-23-17(28)14-10(2)11(3)33-19(14)24-13/h12H,6-9,22H2,1-5H3,(H,23,24,28)(H,25,29,31). The molecule has 1 amide bonds. The summed E-state index contributed by atoms with van der Waals surface area (Å²) in [4.78, 5) is 62.5. The summed E-state index contributed by atoms with van der Waals surface area (Å²) < 4.78 is 1.27. The molecule has 0 spiro atoms.